The summed E-state index contributed by atoms with van der Waals surface area (Å²) in [6, 6.07) is 9.17. The van der Waals surface area contributed by atoms with Gasteiger partial charge in [-0.2, -0.15) is 0 Å². The van der Waals surface area contributed by atoms with Crippen LogP contribution in [0.1, 0.15) is 24.6 Å². The van der Waals surface area contributed by atoms with Crippen LogP contribution in [0.15, 0.2) is 29.6 Å². The Morgan fingerprint density at radius 3 is 2.67 bits per heavy atom. The molecule has 0 unspecified atom stereocenters. The molecule has 0 bridgehead atoms. The highest BCUT2D eigenvalue weighted by Gasteiger charge is 2.06. The van der Waals surface area contributed by atoms with E-state index < -0.39 is 0 Å². The summed E-state index contributed by atoms with van der Waals surface area (Å²) in [7, 11) is 0. The Kier molecular flexibility index (Phi) is 2.08. The minimum atomic E-state index is 0.639. The highest BCUT2D eigenvalue weighted by molar-refractivity contribution is 7.20. The van der Waals surface area contributed by atoms with E-state index in [1.165, 1.54) is 25.0 Å². The molecule has 0 spiro atoms. The molecule has 76 valence electrons. The van der Waals surface area contributed by atoms with E-state index in [1.54, 1.807) is 0 Å². The third-order valence-electron chi connectivity index (χ3n) is 2.68. The number of thiophene rings is 2. The number of benzene rings is 1. The number of rotatable bonds is 1. The monoisotopic (exact) mass is 232 g/mol. The molecule has 0 amide bonds. The largest absolute Gasteiger partial charge is 0.144 e. The van der Waals surface area contributed by atoms with Gasteiger partial charge in [0.05, 0.1) is 0 Å². The zero-order valence-corrected chi connectivity index (χ0v) is 10.4. The minimum Gasteiger partial charge on any atom is -0.144 e. The maximum atomic E-state index is 2.34. The predicted molar refractivity (Wildman–Crippen MR) is 71.3 cm³/mol. The van der Waals surface area contributed by atoms with Crippen molar-refractivity contribution in [1.29, 1.82) is 0 Å². The van der Waals surface area contributed by atoms with Crippen LogP contribution in [0.25, 0.3) is 20.2 Å². The molecule has 2 heterocycles. The molecule has 0 aliphatic rings. The zero-order valence-electron chi connectivity index (χ0n) is 8.78. The lowest BCUT2D eigenvalue weighted by Gasteiger charge is -1.96. The van der Waals surface area contributed by atoms with E-state index >= 15 is 0 Å². The lowest BCUT2D eigenvalue weighted by atomic mass is 10.1. The van der Waals surface area contributed by atoms with Gasteiger partial charge in [0.25, 0.3) is 0 Å². The molecular formula is C13H12S2. The second-order valence-corrected chi connectivity index (χ2v) is 6.21. The van der Waals surface area contributed by atoms with Gasteiger partial charge in [0.15, 0.2) is 0 Å². The number of hydrogen-bond donors (Lipinski definition) is 0. The van der Waals surface area contributed by atoms with E-state index in [0.29, 0.717) is 5.92 Å². The summed E-state index contributed by atoms with van der Waals surface area (Å²) in [5.41, 5.74) is 0. The first-order valence-electron chi connectivity index (χ1n) is 5.15. The van der Waals surface area contributed by atoms with Crippen molar-refractivity contribution < 1.29 is 0 Å². The van der Waals surface area contributed by atoms with Crippen LogP contribution in [0.2, 0.25) is 0 Å². The van der Waals surface area contributed by atoms with Crippen molar-refractivity contribution in [2.24, 2.45) is 0 Å². The molecule has 15 heavy (non-hydrogen) atoms. The third-order valence-corrected chi connectivity index (χ3v) is 4.96. The summed E-state index contributed by atoms with van der Waals surface area (Å²) in [6.07, 6.45) is 0. The Morgan fingerprint density at radius 2 is 1.87 bits per heavy atom. The van der Waals surface area contributed by atoms with Crippen molar-refractivity contribution in [3.05, 3.63) is 34.5 Å². The molecule has 0 nitrogen and oxygen atoms in total. The standard InChI is InChI=1S/C13H12S2/c1-8(2)11-6-10-5-9-3-4-14-12(9)7-13(10)15-11/h3-8H,1-2H3. The lowest BCUT2D eigenvalue weighted by molar-refractivity contribution is 0.890. The molecule has 0 radical (unpaired) electrons. The third kappa shape index (κ3) is 1.48. The summed E-state index contributed by atoms with van der Waals surface area (Å²) in [5, 5.41) is 4.94. The van der Waals surface area contributed by atoms with Crippen LogP contribution in [-0.2, 0) is 0 Å². The van der Waals surface area contributed by atoms with Gasteiger partial charge in [-0.15, -0.1) is 22.7 Å². The fourth-order valence-electron chi connectivity index (χ4n) is 1.80. The van der Waals surface area contributed by atoms with Crippen molar-refractivity contribution in [3.63, 3.8) is 0 Å². The first-order valence-corrected chi connectivity index (χ1v) is 6.84. The Bertz CT molecular complexity index is 566. The van der Waals surface area contributed by atoms with Gasteiger partial charge < -0.3 is 0 Å². The van der Waals surface area contributed by atoms with E-state index in [9.17, 15) is 0 Å². The first kappa shape index (κ1) is 9.37. The summed E-state index contributed by atoms with van der Waals surface area (Å²) < 4.78 is 2.83. The Balaban J connectivity index is 2.34. The van der Waals surface area contributed by atoms with Crippen LogP contribution in [0.3, 0.4) is 0 Å². The van der Waals surface area contributed by atoms with Gasteiger partial charge >= 0.3 is 0 Å². The molecule has 0 N–H and O–H groups in total. The highest BCUT2D eigenvalue weighted by Crippen LogP contribution is 2.34. The predicted octanol–water partition coefficient (Wildman–Crippen LogP) is 5.24. The zero-order chi connectivity index (χ0) is 10.4. The molecule has 0 atom stereocenters. The molecule has 3 aromatic rings. The fourth-order valence-corrected chi connectivity index (χ4v) is 3.78. The Labute approximate surface area is 97.2 Å². The topological polar surface area (TPSA) is 0 Å². The second-order valence-electron chi connectivity index (χ2n) is 4.15. The molecule has 0 saturated carbocycles. The summed E-state index contributed by atoms with van der Waals surface area (Å²) in [6.45, 7) is 4.51. The van der Waals surface area contributed by atoms with Crippen molar-refractivity contribution in [2.75, 3.05) is 0 Å². The van der Waals surface area contributed by atoms with Crippen LogP contribution in [0.4, 0.5) is 0 Å². The van der Waals surface area contributed by atoms with Crippen LogP contribution in [0.5, 0.6) is 0 Å². The first-order chi connectivity index (χ1) is 7.24. The normalized spacial score (nSPS) is 11.9. The van der Waals surface area contributed by atoms with E-state index in [2.05, 4.69) is 43.5 Å². The molecule has 0 fully saturated rings. The smallest absolute Gasteiger partial charge is 0.0360 e. The second kappa shape index (κ2) is 3.32. The van der Waals surface area contributed by atoms with Crippen LogP contribution >= 0.6 is 22.7 Å². The van der Waals surface area contributed by atoms with Gasteiger partial charge in [-0.1, -0.05) is 13.8 Å². The van der Waals surface area contributed by atoms with Crippen molar-refractivity contribution in [1.82, 2.24) is 0 Å². The molecule has 3 rings (SSSR count). The lowest BCUT2D eigenvalue weighted by Crippen LogP contribution is -1.77. The molecule has 0 saturated heterocycles. The van der Waals surface area contributed by atoms with E-state index in [-0.39, 0.29) is 0 Å². The molecule has 0 aliphatic heterocycles. The Morgan fingerprint density at radius 1 is 1.00 bits per heavy atom. The average molecular weight is 232 g/mol. The maximum Gasteiger partial charge on any atom is 0.0360 e. The summed E-state index contributed by atoms with van der Waals surface area (Å²) >= 11 is 3.76. The van der Waals surface area contributed by atoms with Gasteiger partial charge in [0.1, 0.15) is 0 Å². The molecular weight excluding hydrogens is 220 g/mol. The van der Waals surface area contributed by atoms with Crippen molar-refractivity contribution in [3.8, 4) is 0 Å². The van der Waals surface area contributed by atoms with Crippen LogP contribution in [-0.4, -0.2) is 0 Å². The average Bonchev–Trinajstić information content (AvgIpc) is 2.77. The number of hydrogen-bond acceptors (Lipinski definition) is 2. The molecule has 0 aliphatic carbocycles. The summed E-state index contributed by atoms with van der Waals surface area (Å²) in [5.74, 6) is 0.639. The van der Waals surface area contributed by atoms with Gasteiger partial charge in [-0.05, 0) is 46.3 Å². The van der Waals surface area contributed by atoms with Gasteiger partial charge in [0, 0.05) is 14.3 Å². The summed E-state index contributed by atoms with van der Waals surface area (Å²) in [4.78, 5) is 1.49. The molecule has 1 aromatic carbocycles. The maximum absolute atomic E-state index is 2.34. The molecule has 2 heteroatoms. The van der Waals surface area contributed by atoms with Crippen molar-refractivity contribution >= 4 is 42.8 Å². The van der Waals surface area contributed by atoms with E-state index in [1.807, 2.05) is 22.7 Å². The van der Waals surface area contributed by atoms with Gasteiger partial charge in [-0.25, -0.2) is 0 Å². The fraction of sp³-hybridized carbons (Fsp3) is 0.231. The molecule has 2 aromatic heterocycles. The quantitative estimate of drug-likeness (QED) is 0.538. The Hall–Kier alpha value is -0.860. The van der Waals surface area contributed by atoms with Crippen LogP contribution in [0, 0.1) is 0 Å². The van der Waals surface area contributed by atoms with Crippen molar-refractivity contribution in [2.45, 2.75) is 19.8 Å². The minimum absolute atomic E-state index is 0.639. The number of fused-ring (bicyclic) bond motifs is 2. The van der Waals surface area contributed by atoms with Gasteiger partial charge in [0.2, 0.25) is 0 Å². The highest BCUT2D eigenvalue weighted by atomic mass is 32.1. The van der Waals surface area contributed by atoms with Gasteiger partial charge in [-0.3, -0.25) is 0 Å². The van der Waals surface area contributed by atoms with Crippen LogP contribution < -0.4 is 0 Å². The van der Waals surface area contributed by atoms with E-state index in [0.717, 1.165) is 0 Å². The SMILES string of the molecule is CC(C)c1cc2cc3ccsc3cc2s1. The van der Waals surface area contributed by atoms with E-state index in [4.69, 9.17) is 0 Å².